The van der Waals surface area contributed by atoms with Crippen molar-refractivity contribution in [2.75, 3.05) is 27.2 Å². The molecule has 3 aromatic rings. The third-order valence-electron chi connectivity index (χ3n) is 7.52. The van der Waals surface area contributed by atoms with E-state index in [1.807, 2.05) is 66.7 Å². The quantitative estimate of drug-likeness (QED) is 0.360. The lowest BCUT2D eigenvalue weighted by Crippen LogP contribution is -2.61. The fraction of sp³-hybridized carbons (Fsp3) is 0.406. The molecule has 1 aliphatic heterocycles. The molecule has 3 aromatic carbocycles. The van der Waals surface area contributed by atoms with Gasteiger partial charge in [0.05, 0.1) is 11.0 Å². The first kappa shape index (κ1) is 29.2. The van der Waals surface area contributed by atoms with E-state index < -0.39 is 22.9 Å². The monoisotopic (exact) mass is 543 g/mol. The number of amides is 3. The Bertz CT molecular complexity index is 1350. The zero-order valence-corrected chi connectivity index (χ0v) is 23.9. The van der Waals surface area contributed by atoms with Crippen molar-refractivity contribution in [1.29, 1.82) is 0 Å². The number of hydrogen-bond donors (Lipinski definition) is 3. The van der Waals surface area contributed by atoms with Gasteiger partial charge < -0.3 is 16.0 Å². The van der Waals surface area contributed by atoms with Gasteiger partial charge in [-0.3, -0.25) is 19.8 Å². The van der Waals surface area contributed by atoms with Gasteiger partial charge in [-0.1, -0.05) is 72.8 Å². The predicted molar refractivity (Wildman–Crippen MR) is 158 cm³/mol. The molecule has 1 aliphatic rings. The number of fused-ring (bicyclic) bond motifs is 1. The van der Waals surface area contributed by atoms with Gasteiger partial charge in [0.1, 0.15) is 6.04 Å². The van der Waals surface area contributed by atoms with Crippen LogP contribution in [0.2, 0.25) is 0 Å². The zero-order valence-electron chi connectivity index (χ0n) is 23.9. The van der Waals surface area contributed by atoms with E-state index in [1.54, 1.807) is 37.9 Å². The summed E-state index contributed by atoms with van der Waals surface area (Å²) >= 11 is 0. The summed E-state index contributed by atoms with van der Waals surface area (Å²) in [5, 5.41) is 6.74. The summed E-state index contributed by atoms with van der Waals surface area (Å²) in [5.41, 5.74) is 9.06. The maximum atomic E-state index is 14.1. The van der Waals surface area contributed by atoms with Crippen LogP contribution in [-0.4, -0.2) is 66.4 Å². The van der Waals surface area contributed by atoms with E-state index in [-0.39, 0.29) is 18.4 Å². The van der Waals surface area contributed by atoms with Gasteiger partial charge in [-0.05, 0) is 55.0 Å². The first-order valence-electron chi connectivity index (χ1n) is 13.9. The first-order chi connectivity index (χ1) is 19.0. The van der Waals surface area contributed by atoms with Gasteiger partial charge in [0.25, 0.3) is 0 Å². The number of piperidine rings is 1. The second-order valence-corrected chi connectivity index (χ2v) is 11.8. The Balaban J connectivity index is 1.63. The molecule has 2 atom stereocenters. The van der Waals surface area contributed by atoms with Crippen molar-refractivity contribution in [3.63, 3.8) is 0 Å². The van der Waals surface area contributed by atoms with Crippen LogP contribution < -0.4 is 16.5 Å². The minimum atomic E-state index is -1.15. The Morgan fingerprint density at radius 2 is 1.65 bits per heavy atom. The number of nitrogens with zero attached hydrogens (tertiary/aromatic N) is 2. The molecule has 1 saturated heterocycles. The molecule has 40 heavy (non-hydrogen) atoms. The van der Waals surface area contributed by atoms with E-state index in [0.29, 0.717) is 32.2 Å². The van der Waals surface area contributed by atoms with Gasteiger partial charge in [-0.2, -0.15) is 0 Å². The second kappa shape index (κ2) is 12.2. The number of likely N-dealkylation sites (tertiary alicyclic amines) is 1. The van der Waals surface area contributed by atoms with Gasteiger partial charge in [0.15, 0.2) is 0 Å². The number of hydrazine groups is 1. The number of carbonyl (C=O) groups is 3. The highest BCUT2D eigenvalue weighted by Crippen LogP contribution is 2.35. The maximum Gasteiger partial charge on any atom is 0.245 e. The molecule has 0 saturated carbocycles. The number of rotatable bonds is 9. The number of nitrogens with one attached hydrogen (secondary N) is 2. The molecule has 3 amide bonds. The standard InChI is InChI=1S/C32H41N5O3/c1-31(2,33)29(39)34-27(20-24-15-16-25-13-8-9-14-26(25)19-24)28(38)37-18-10-17-32(22-37,30(40)35-36(3)4)21-23-11-6-5-7-12-23/h5-9,11-16,19,27H,10,17-18,20-22,33H2,1-4H3,(H,34,39)(H,35,40)/t27-,32?/m1/s1. The summed E-state index contributed by atoms with van der Waals surface area (Å²) < 4.78 is 0. The molecule has 8 heteroatoms. The van der Waals surface area contributed by atoms with Crippen LogP contribution in [0.15, 0.2) is 72.8 Å². The first-order valence-corrected chi connectivity index (χ1v) is 13.9. The Labute approximate surface area is 236 Å². The van der Waals surface area contributed by atoms with Crippen LogP contribution in [0.3, 0.4) is 0 Å². The van der Waals surface area contributed by atoms with Crippen LogP contribution in [-0.2, 0) is 27.2 Å². The normalized spacial score (nSPS) is 18.4. The minimum Gasteiger partial charge on any atom is -0.342 e. The fourth-order valence-corrected chi connectivity index (χ4v) is 5.40. The molecule has 0 bridgehead atoms. The summed E-state index contributed by atoms with van der Waals surface area (Å²) in [6.07, 6.45) is 2.16. The number of carbonyl (C=O) groups excluding carboxylic acids is 3. The summed E-state index contributed by atoms with van der Waals surface area (Å²) in [7, 11) is 3.56. The van der Waals surface area contributed by atoms with E-state index in [2.05, 4.69) is 16.8 Å². The van der Waals surface area contributed by atoms with Gasteiger partial charge in [0.2, 0.25) is 17.7 Å². The Kier molecular flexibility index (Phi) is 8.91. The topological polar surface area (TPSA) is 108 Å². The average Bonchev–Trinajstić information content (AvgIpc) is 2.92. The fourth-order valence-electron chi connectivity index (χ4n) is 5.40. The molecule has 0 aliphatic carbocycles. The van der Waals surface area contributed by atoms with E-state index in [9.17, 15) is 14.4 Å². The van der Waals surface area contributed by atoms with Crippen molar-refractivity contribution >= 4 is 28.5 Å². The molecule has 0 radical (unpaired) electrons. The van der Waals surface area contributed by atoms with Crippen molar-refractivity contribution < 1.29 is 14.4 Å². The lowest BCUT2D eigenvalue weighted by atomic mass is 9.74. The summed E-state index contributed by atoms with van der Waals surface area (Å²) in [6, 6.07) is 23.2. The van der Waals surface area contributed by atoms with Crippen molar-refractivity contribution in [3.05, 3.63) is 83.9 Å². The largest absolute Gasteiger partial charge is 0.342 e. The second-order valence-electron chi connectivity index (χ2n) is 11.8. The lowest BCUT2D eigenvalue weighted by Gasteiger charge is -2.43. The number of nitrogens with two attached hydrogens (primary N) is 1. The number of hydrogen-bond acceptors (Lipinski definition) is 5. The van der Waals surface area contributed by atoms with Crippen LogP contribution in [0, 0.1) is 5.41 Å². The van der Waals surface area contributed by atoms with Gasteiger partial charge in [-0.15, -0.1) is 0 Å². The predicted octanol–water partition coefficient (Wildman–Crippen LogP) is 3.05. The molecular weight excluding hydrogens is 502 g/mol. The van der Waals surface area contributed by atoms with Gasteiger partial charge in [-0.25, -0.2) is 5.01 Å². The molecule has 0 spiro atoms. The van der Waals surface area contributed by atoms with E-state index in [1.165, 1.54) is 0 Å². The van der Waals surface area contributed by atoms with E-state index in [4.69, 9.17) is 5.73 Å². The highest BCUT2D eigenvalue weighted by molar-refractivity contribution is 5.92. The van der Waals surface area contributed by atoms with E-state index in [0.717, 1.165) is 21.9 Å². The maximum absolute atomic E-state index is 14.1. The van der Waals surface area contributed by atoms with Gasteiger partial charge >= 0.3 is 0 Å². The molecule has 4 N–H and O–H groups in total. The number of benzene rings is 3. The third kappa shape index (κ3) is 7.06. The SMILES string of the molecule is CN(C)NC(=O)C1(Cc2ccccc2)CCCN(C(=O)[C@@H](Cc2ccc3ccccc3c2)NC(=O)C(C)(C)N)C1. The molecule has 4 rings (SSSR count). The Morgan fingerprint density at radius 1 is 0.975 bits per heavy atom. The molecule has 1 fully saturated rings. The minimum absolute atomic E-state index is 0.114. The molecule has 1 heterocycles. The molecular formula is C32H41N5O3. The van der Waals surface area contributed by atoms with Crippen molar-refractivity contribution in [3.8, 4) is 0 Å². The third-order valence-corrected chi connectivity index (χ3v) is 7.52. The molecule has 8 nitrogen and oxygen atoms in total. The van der Waals surface area contributed by atoms with Crippen LogP contribution >= 0.6 is 0 Å². The van der Waals surface area contributed by atoms with Crippen LogP contribution in [0.4, 0.5) is 0 Å². The molecule has 0 aromatic heterocycles. The van der Waals surface area contributed by atoms with Crippen molar-refractivity contribution in [1.82, 2.24) is 20.7 Å². The summed E-state index contributed by atoms with van der Waals surface area (Å²) in [5.74, 6) is -0.720. The molecule has 212 valence electrons. The Morgan fingerprint density at radius 3 is 2.33 bits per heavy atom. The van der Waals surface area contributed by atoms with Crippen LogP contribution in [0.25, 0.3) is 10.8 Å². The molecule has 1 unspecified atom stereocenters. The zero-order chi connectivity index (χ0) is 28.9. The van der Waals surface area contributed by atoms with Crippen molar-refractivity contribution in [2.24, 2.45) is 11.1 Å². The lowest BCUT2D eigenvalue weighted by molar-refractivity contribution is -0.146. The highest BCUT2D eigenvalue weighted by Gasteiger charge is 2.45. The van der Waals surface area contributed by atoms with Crippen molar-refractivity contribution in [2.45, 2.75) is 51.1 Å². The van der Waals surface area contributed by atoms with Crippen LogP contribution in [0.5, 0.6) is 0 Å². The highest BCUT2D eigenvalue weighted by atomic mass is 16.2. The average molecular weight is 544 g/mol. The smallest absolute Gasteiger partial charge is 0.245 e. The van der Waals surface area contributed by atoms with Gasteiger partial charge in [0, 0.05) is 33.6 Å². The van der Waals surface area contributed by atoms with Crippen LogP contribution in [0.1, 0.15) is 37.8 Å². The Hall–Kier alpha value is -3.75. The summed E-state index contributed by atoms with van der Waals surface area (Å²) in [4.78, 5) is 42.5. The van der Waals surface area contributed by atoms with E-state index >= 15 is 0 Å². The summed E-state index contributed by atoms with van der Waals surface area (Å²) in [6.45, 7) is 4.02.